The third-order valence-electron chi connectivity index (χ3n) is 1.42. The molecule has 0 saturated carbocycles. The van der Waals surface area contributed by atoms with Crippen LogP contribution in [0, 0.1) is 0 Å². The van der Waals surface area contributed by atoms with Crippen LogP contribution in [0.4, 0.5) is 10.5 Å². The number of carbonyl (C=O) groups is 1. The van der Waals surface area contributed by atoms with E-state index in [4.69, 9.17) is 16.3 Å². The monoisotopic (exact) mass is 231 g/mol. The highest BCUT2D eigenvalue weighted by molar-refractivity contribution is 6.32. The molecule has 1 heterocycles. The normalized spacial score (nSPS) is 11.3. The SMILES string of the molecule is Cn1cc(NC(=O)OC(C)(C)C)c(Cl)n1. The summed E-state index contributed by atoms with van der Waals surface area (Å²) in [7, 11) is 1.71. The van der Waals surface area contributed by atoms with E-state index in [1.165, 1.54) is 4.68 Å². The van der Waals surface area contributed by atoms with Gasteiger partial charge in [0.05, 0.1) is 0 Å². The number of hydrogen-bond donors (Lipinski definition) is 1. The van der Waals surface area contributed by atoms with E-state index in [0.29, 0.717) is 5.69 Å². The molecule has 1 rings (SSSR count). The Labute approximate surface area is 93.4 Å². The summed E-state index contributed by atoms with van der Waals surface area (Å²) in [5, 5.41) is 6.62. The van der Waals surface area contributed by atoms with Gasteiger partial charge in [-0.2, -0.15) is 5.10 Å². The van der Waals surface area contributed by atoms with Crippen LogP contribution in [0.5, 0.6) is 0 Å². The van der Waals surface area contributed by atoms with Gasteiger partial charge in [0, 0.05) is 13.2 Å². The summed E-state index contributed by atoms with van der Waals surface area (Å²) in [5.74, 6) is 0. The van der Waals surface area contributed by atoms with Gasteiger partial charge in [-0.05, 0) is 20.8 Å². The molecule has 0 atom stereocenters. The number of ether oxygens (including phenoxy) is 1. The lowest BCUT2D eigenvalue weighted by molar-refractivity contribution is 0.0636. The third kappa shape index (κ3) is 3.79. The van der Waals surface area contributed by atoms with Gasteiger partial charge in [0.25, 0.3) is 0 Å². The summed E-state index contributed by atoms with van der Waals surface area (Å²) in [4.78, 5) is 11.4. The molecule has 0 unspecified atom stereocenters. The lowest BCUT2D eigenvalue weighted by Gasteiger charge is -2.19. The van der Waals surface area contributed by atoms with E-state index in [1.807, 2.05) is 0 Å². The van der Waals surface area contributed by atoms with E-state index in [9.17, 15) is 4.79 Å². The number of amides is 1. The molecule has 1 amide bonds. The Morgan fingerprint density at radius 2 is 2.20 bits per heavy atom. The van der Waals surface area contributed by atoms with Crippen LogP contribution in [0.25, 0.3) is 0 Å². The van der Waals surface area contributed by atoms with Crippen LogP contribution in [-0.2, 0) is 11.8 Å². The van der Waals surface area contributed by atoms with Crippen LogP contribution in [0.3, 0.4) is 0 Å². The van der Waals surface area contributed by atoms with Gasteiger partial charge < -0.3 is 4.74 Å². The predicted molar refractivity (Wildman–Crippen MR) is 58.1 cm³/mol. The third-order valence-corrected chi connectivity index (χ3v) is 1.70. The van der Waals surface area contributed by atoms with Crippen LogP contribution in [0.15, 0.2) is 6.20 Å². The van der Waals surface area contributed by atoms with Crippen LogP contribution < -0.4 is 5.32 Å². The zero-order valence-electron chi connectivity index (χ0n) is 9.17. The van der Waals surface area contributed by atoms with Crippen molar-refractivity contribution in [3.05, 3.63) is 11.3 Å². The first kappa shape index (κ1) is 11.8. The van der Waals surface area contributed by atoms with E-state index >= 15 is 0 Å². The molecule has 1 aromatic rings. The largest absolute Gasteiger partial charge is 0.444 e. The topological polar surface area (TPSA) is 56.2 Å². The van der Waals surface area contributed by atoms with Crippen molar-refractivity contribution in [1.29, 1.82) is 0 Å². The minimum absolute atomic E-state index is 0.239. The fraction of sp³-hybridized carbons (Fsp3) is 0.556. The molecular weight excluding hydrogens is 218 g/mol. The molecule has 0 aliphatic rings. The van der Waals surface area contributed by atoms with Crippen LogP contribution in [0.1, 0.15) is 20.8 Å². The molecule has 0 aliphatic carbocycles. The first-order valence-electron chi connectivity index (χ1n) is 4.47. The Hall–Kier alpha value is -1.23. The van der Waals surface area contributed by atoms with Gasteiger partial charge in [-0.25, -0.2) is 4.79 Å². The quantitative estimate of drug-likeness (QED) is 0.808. The summed E-state index contributed by atoms with van der Waals surface area (Å²) in [6.07, 6.45) is 1.06. The molecule has 15 heavy (non-hydrogen) atoms. The van der Waals surface area contributed by atoms with Crippen molar-refractivity contribution in [2.45, 2.75) is 26.4 Å². The van der Waals surface area contributed by atoms with E-state index in [-0.39, 0.29) is 5.15 Å². The van der Waals surface area contributed by atoms with Crippen molar-refractivity contribution >= 4 is 23.4 Å². The Morgan fingerprint density at radius 1 is 1.60 bits per heavy atom. The van der Waals surface area contributed by atoms with Gasteiger partial charge in [-0.3, -0.25) is 10.00 Å². The molecule has 0 saturated heterocycles. The van der Waals surface area contributed by atoms with Gasteiger partial charge in [-0.1, -0.05) is 11.6 Å². The Kier molecular flexibility index (Phi) is 3.24. The average Bonchev–Trinajstić information content (AvgIpc) is 2.25. The fourth-order valence-corrected chi connectivity index (χ4v) is 1.17. The molecule has 0 bridgehead atoms. The number of rotatable bonds is 1. The lowest BCUT2D eigenvalue weighted by Crippen LogP contribution is -2.27. The van der Waals surface area contributed by atoms with Crippen molar-refractivity contribution in [2.75, 3.05) is 5.32 Å². The summed E-state index contributed by atoms with van der Waals surface area (Å²) < 4.78 is 6.57. The number of anilines is 1. The number of aromatic nitrogens is 2. The Bertz CT molecular complexity index is 368. The molecule has 84 valence electrons. The number of halogens is 1. The molecular formula is C9H14ClN3O2. The highest BCUT2D eigenvalue weighted by atomic mass is 35.5. The van der Waals surface area contributed by atoms with Crippen LogP contribution >= 0.6 is 11.6 Å². The van der Waals surface area contributed by atoms with E-state index in [2.05, 4.69) is 10.4 Å². The maximum atomic E-state index is 11.4. The number of nitrogens with one attached hydrogen (secondary N) is 1. The molecule has 0 aromatic carbocycles. The van der Waals surface area contributed by atoms with Crippen molar-refractivity contribution in [1.82, 2.24) is 9.78 Å². The van der Waals surface area contributed by atoms with Gasteiger partial charge in [0.15, 0.2) is 5.15 Å². The molecule has 0 spiro atoms. The summed E-state index contributed by atoms with van der Waals surface area (Å²) >= 11 is 5.76. The fourth-order valence-electron chi connectivity index (χ4n) is 0.959. The van der Waals surface area contributed by atoms with E-state index in [0.717, 1.165) is 0 Å². The van der Waals surface area contributed by atoms with E-state index < -0.39 is 11.7 Å². The van der Waals surface area contributed by atoms with Crippen LogP contribution in [-0.4, -0.2) is 21.5 Å². The Morgan fingerprint density at radius 3 is 2.60 bits per heavy atom. The lowest BCUT2D eigenvalue weighted by atomic mass is 10.2. The highest BCUT2D eigenvalue weighted by Gasteiger charge is 2.17. The van der Waals surface area contributed by atoms with Gasteiger partial charge in [0.2, 0.25) is 0 Å². The number of aryl methyl sites for hydroxylation is 1. The second kappa shape index (κ2) is 4.10. The summed E-state index contributed by atoms with van der Waals surface area (Å²) in [5.41, 5.74) is -0.0907. The smallest absolute Gasteiger partial charge is 0.412 e. The number of carbonyl (C=O) groups excluding carboxylic acids is 1. The van der Waals surface area contributed by atoms with Crippen molar-refractivity contribution in [2.24, 2.45) is 7.05 Å². The number of hydrogen-bond acceptors (Lipinski definition) is 3. The Balaban J connectivity index is 2.63. The van der Waals surface area contributed by atoms with Gasteiger partial charge >= 0.3 is 6.09 Å². The molecule has 0 fully saturated rings. The summed E-state index contributed by atoms with van der Waals surface area (Å²) in [6, 6.07) is 0. The molecule has 0 radical (unpaired) electrons. The van der Waals surface area contributed by atoms with E-state index in [1.54, 1.807) is 34.0 Å². The highest BCUT2D eigenvalue weighted by Crippen LogP contribution is 2.19. The second-order valence-electron chi connectivity index (χ2n) is 4.13. The van der Waals surface area contributed by atoms with Crippen molar-refractivity contribution in [3.8, 4) is 0 Å². The van der Waals surface area contributed by atoms with Crippen LogP contribution in [0.2, 0.25) is 5.15 Å². The first-order chi connectivity index (χ1) is 6.78. The predicted octanol–water partition coefficient (Wildman–Crippen LogP) is 2.42. The number of nitrogens with zero attached hydrogens (tertiary/aromatic N) is 2. The molecule has 6 heteroatoms. The zero-order valence-corrected chi connectivity index (χ0v) is 9.92. The zero-order chi connectivity index (χ0) is 11.6. The molecule has 1 aromatic heterocycles. The maximum Gasteiger partial charge on any atom is 0.412 e. The van der Waals surface area contributed by atoms with Crippen molar-refractivity contribution < 1.29 is 9.53 Å². The maximum absolute atomic E-state index is 11.4. The second-order valence-corrected chi connectivity index (χ2v) is 4.49. The minimum Gasteiger partial charge on any atom is -0.444 e. The minimum atomic E-state index is -0.544. The molecule has 1 N–H and O–H groups in total. The summed E-state index contributed by atoms with van der Waals surface area (Å²) in [6.45, 7) is 5.37. The standard InChI is InChI=1S/C9H14ClN3O2/c1-9(2,3)15-8(14)11-6-5-13(4)12-7(6)10/h5H,1-4H3,(H,11,14). The van der Waals surface area contributed by atoms with Gasteiger partial charge in [0.1, 0.15) is 11.3 Å². The van der Waals surface area contributed by atoms with Crippen molar-refractivity contribution in [3.63, 3.8) is 0 Å². The van der Waals surface area contributed by atoms with Gasteiger partial charge in [-0.15, -0.1) is 0 Å². The molecule has 0 aliphatic heterocycles. The average molecular weight is 232 g/mol. The molecule has 5 nitrogen and oxygen atoms in total. The first-order valence-corrected chi connectivity index (χ1v) is 4.85.